The molecule has 1 aliphatic heterocycles. The minimum Gasteiger partial charge on any atom is -0.505 e. The van der Waals surface area contributed by atoms with Gasteiger partial charge in [0.05, 0.1) is 6.54 Å². The summed E-state index contributed by atoms with van der Waals surface area (Å²) in [5, 5.41) is 0. The lowest BCUT2D eigenvalue weighted by molar-refractivity contribution is -0.778. The number of rotatable bonds is 4. The quantitative estimate of drug-likeness (QED) is 0.508. The van der Waals surface area contributed by atoms with Crippen LogP contribution in [0.4, 0.5) is 0 Å². The Kier molecular flexibility index (Phi) is 5.36. The third-order valence-electron chi connectivity index (χ3n) is 8.14. The van der Waals surface area contributed by atoms with Gasteiger partial charge in [-0.1, -0.05) is 116 Å². The van der Waals surface area contributed by atoms with Crippen molar-refractivity contribution in [3.8, 4) is 0 Å². The lowest BCUT2D eigenvalue weighted by Gasteiger charge is -2.53. The van der Waals surface area contributed by atoms with E-state index in [-0.39, 0.29) is 0 Å². The molecule has 5 rings (SSSR count). The van der Waals surface area contributed by atoms with Crippen molar-refractivity contribution in [3.05, 3.63) is 102 Å². The van der Waals surface area contributed by atoms with Crippen molar-refractivity contribution in [2.75, 3.05) is 20.6 Å². The maximum Gasteiger partial charge on any atom is 0.291 e. The Bertz CT molecular complexity index is 1010. The van der Waals surface area contributed by atoms with Crippen LogP contribution in [0, 0.1) is 5.92 Å². The summed E-state index contributed by atoms with van der Waals surface area (Å²) in [6.07, 6.45) is 5.69. The number of benzene rings is 3. The Hall–Kier alpha value is -2.58. The summed E-state index contributed by atoms with van der Waals surface area (Å²) in [7, 11) is 4.94. The summed E-state index contributed by atoms with van der Waals surface area (Å²) < 4.78 is 0.990. The van der Waals surface area contributed by atoms with Crippen LogP contribution in [-0.2, 0) is 0 Å². The molecular formula is C29H34BN. The minimum absolute atomic E-state index is 0.720. The largest absolute Gasteiger partial charge is 0.505 e. The van der Waals surface area contributed by atoms with Gasteiger partial charge in [-0.25, -0.2) is 0 Å². The molecule has 0 aromatic heterocycles. The highest BCUT2D eigenvalue weighted by Gasteiger charge is 2.54. The van der Waals surface area contributed by atoms with Gasteiger partial charge in [-0.15, -0.1) is 16.4 Å². The molecule has 0 saturated heterocycles. The van der Waals surface area contributed by atoms with Gasteiger partial charge in [-0.05, 0) is 24.3 Å². The Morgan fingerprint density at radius 1 is 0.645 bits per heavy atom. The normalized spacial score (nSPS) is 20.7. The van der Waals surface area contributed by atoms with E-state index in [9.17, 15) is 0 Å². The Balaban J connectivity index is 1.87. The van der Waals surface area contributed by atoms with Crippen molar-refractivity contribution in [1.29, 1.82) is 0 Å². The molecule has 0 unspecified atom stereocenters. The predicted molar refractivity (Wildman–Crippen MR) is 135 cm³/mol. The second-order valence-electron chi connectivity index (χ2n) is 10.2. The first-order valence-corrected chi connectivity index (χ1v) is 12.0. The molecule has 3 aromatic rings. The molecule has 3 aromatic carbocycles. The number of likely N-dealkylation sites (N-methyl/N-ethyl adjacent to an activating group) is 1. The van der Waals surface area contributed by atoms with Gasteiger partial charge in [0.25, 0.3) is 6.28 Å². The van der Waals surface area contributed by atoms with Crippen LogP contribution < -0.4 is 10.9 Å². The molecule has 0 atom stereocenters. The SMILES string of the molecule is C[N+]1(C)CC(C2CCCCC2)=C(c2ccccc2)[B-]1(c1ccccc1)c1ccccc1. The van der Waals surface area contributed by atoms with E-state index in [4.69, 9.17) is 0 Å². The molecule has 31 heavy (non-hydrogen) atoms. The number of hydrogen-bond acceptors (Lipinski definition) is 0. The zero-order valence-electron chi connectivity index (χ0n) is 19.0. The topological polar surface area (TPSA) is 0 Å². The minimum atomic E-state index is -1.16. The number of nitrogens with zero attached hydrogens (tertiary/aromatic N) is 1. The maximum atomic E-state index is 2.47. The average molecular weight is 407 g/mol. The monoisotopic (exact) mass is 407 g/mol. The molecule has 2 heteroatoms. The van der Waals surface area contributed by atoms with E-state index >= 15 is 0 Å². The molecule has 0 amide bonds. The van der Waals surface area contributed by atoms with Crippen LogP contribution in [0.15, 0.2) is 96.6 Å². The van der Waals surface area contributed by atoms with Gasteiger partial charge in [-0.3, -0.25) is 0 Å². The average Bonchev–Trinajstić information content (AvgIpc) is 3.09. The first kappa shape index (κ1) is 20.3. The third-order valence-corrected chi connectivity index (χ3v) is 8.14. The molecule has 0 N–H and O–H groups in total. The fourth-order valence-corrected chi connectivity index (χ4v) is 6.92. The molecule has 1 saturated carbocycles. The fraction of sp³-hybridized carbons (Fsp3) is 0.310. The molecule has 0 radical (unpaired) electrons. The van der Waals surface area contributed by atoms with E-state index in [0.717, 1.165) is 16.9 Å². The highest BCUT2D eigenvalue weighted by molar-refractivity contribution is 7.10. The summed E-state index contributed by atoms with van der Waals surface area (Å²) in [6.45, 7) is 1.14. The molecule has 158 valence electrons. The van der Waals surface area contributed by atoms with Crippen molar-refractivity contribution in [3.63, 3.8) is 0 Å². The van der Waals surface area contributed by atoms with E-state index in [1.807, 2.05) is 0 Å². The first-order chi connectivity index (χ1) is 15.1. The smallest absolute Gasteiger partial charge is 0.291 e. The molecule has 0 bridgehead atoms. The highest BCUT2D eigenvalue weighted by atomic mass is 15.3. The van der Waals surface area contributed by atoms with Gasteiger partial charge in [0.15, 0.2) is 0 Å². The lowest BCUT2D eigenvalue weighted by atomic mass is 9.21. The van der Waals surface area contributed by atoms with E-state index in [1.54, 1.807) is 11.0 Å². The standard InChI is InChI=1S/C29H34BN/c1-31(2)23-28(24-15-7-3-8-16-24)29(25-17-9-4-10-18-25)30(31,26-19-11-5-12-20-26)27-21-13-6-14-22-27/h4-6,9-14,17-22,24H,3,7-8,15-16,23H2,1-2H3. The van der Waals surface area contributed by atoms with Crippen LogP contribution in [0.2, 0.25) is 0 Å². The summed E-state index contributed by atoms with van der Waals surface area (Å²) in [5.74, 6) is 0.720. The molecule has 1 heterocycles. The van der Waals surface area contributed by atoms with Gasteiger partial charge in [0, 0.05) is 14.1 Å². The summed E-state index contributed by atoms with van der Waals surface area (Å²) >= 11 is 0. The van der Waals surface area contributed by atoms with Crippen molar-refractivity contribution in [2.45, 2.75) is 32.1 Å². The van der Waals surface area contributed by atoms with Crippen molar-refractivity contribution < 1.29 is 4.39 Å². The van der Waals surface area contributed by atoms with Crippen molar-refractivity contribution in [2.24, 2.45) is 5.92 Å². The Morgan fingerprint density at radius 2 is 1.13 bits per heavy atom. The molecule has 1 nitrogen and oxygen atoms in total. The fourth-order valence-electron chi connectivity index (χ4n) is 6.92. The highest BCUT2D eigenvalue weighted by Crippen LogP contribution is 2.46. The number of hydrogen-bond donors (Lipinski definition) is 0. The van der Waals surface area contributed by atoms with Crippen molar-refractivity contribution in [1.82, 2.24) is 0 Å². The van der Waals surface area contributed by atoms with Gasteiger partial charge in [-0.2, -0.15) is 0 Å². The molecule has 2 aliphatic rings. The van der Waals surface area contributed by atoms with Crippen LogP contribution in [0.25, 0.3) is 5.47 Å². The first-order valence-electron chi connectivity index (χ1n) is 12.0. The molecule has 1 fully saturated rings. The zero-order valence-corrected chi connectivity index (χ0v) is 19.0. The van der Waals surface area contributed by atoms with Gasteiger partial charge in [0.2, 0.25) is 0 Å². The zero-order chi connectivity index (χ0) is 21.3. The van der Waals surface area contributed by atoms with Gasteiger partial charge in [0.1, 0.15) is 0 Å². The van der Waals surface area contributed by atoms with E-state index < -0.39 is 6.28 Å². The third kappa shape index (κ3) is 3.29. The van der Waals surface area contributed by atoms with Crippen LogP contribution in [0.5, 0.6) is 0 Å². The van der Waals surface area contributed by atoms with Crippen LogP contribution in [0.1, 0.15) is 37.7 Å². The lowest BCUT2D eigenvalue weighted by Crippen LogP contribution is -2.75. The van der Waals surface area contributed by atoms with E-state index in [0.29, 0.717) is 0 Å². The summed E-state index contributed by atoms with van der Waals surface area (Å²) in [4.78, 5) is 0. The van der Waals surface area contributed by atoms with Crippen molar-refractivity contribution >= 4 is 22.7 Å². The van der Waals surface area contributed by atoms with E-state index in [1.165, 1.54) is 48.6 Å². The predicted octanol–water partition coefficient (Wildman–Crippen LogP) is 5.41. The number of quaternary nitrogens is 1. The van der Waals surface area contributed by atoms with Gasteiger partial charge < -0.3 is 4.39 Å². The summed E-state index contributed by atoms with van der Waals surface area (Å²) in [6, 6.07) is 34.0. The molecular weight excluding hydrogens is 373 g/mol. The molecule has 1 aliphatic carbocycles. The summed E-state index contributed by atoms with van der Waals surface area (Å²) in [5.41, 5.74) is 7.68. The van der Waals surface area contributed by atoms with Gasteiger partial charge >= 0.3 is 0 Å². The van der Waals surface area contributed by atoms with E-state index in [2.05, 4.69) is 105 Å². The Morgan fingerprint density at radius 3 is 1.65 bits per heavy atom. The maximum absolute atomic E-state index is 2.47. The molecule has 0 spiro atoms. The second kappa shape index (κ2) is 8.17. The Labute approximate surface area is 188 Å². The van der Waals surface area contributed by atoms with Crippen LogP contribution in [0.3, 0.4) is 0 Å². The van der Waals surface area contributed by atoms with Crippen LogP contribution >= 0.6 is 0 Å². The van der Waals surface area contributed by atoms with Crippen LogP contribution in [-0.4, -0.2) is 31.3 Å². The second-order valence-corrected chi connectivity index (χ2v) is 10.2.